The van der Waals surface area contributed by atoms with Crippen molar-refractivity contribution in [2.45, 2.75) is 19.5 Å². The van der Waals surface area contributed by atoms with Gasteiger partial charge in [-0.3, -0.25) is 9.59 Å². The summed E-state index contributed by atoms with van der Waals surface area (Å²) in [6, 6.07) is 2.61. The van der Waals surface area contributed by atoms with Gasteiger partial charge >= 0.3 is 6.18 Å². The number of methoxy groups -OCH3 is 1. The van der Waals surface area contributed by atoms with E-state index in [4.69, 9.17) is 16.3 Å². The summed E-state index contributed by atoms with van der Waals surface area (Å²) in [7, 11) is 1.52. The quantitative estimate of drug-likeness (QED) is 0.755. The molecule has 5 nitrogen and oxygen atoms in total. The van der Waals surface area contributed by atoms with Crippen LogP contribution >= 0.6 is 11.6 Å². The summed E-state index contributed by atoms with van der Waals surface area (Å²) < 4.78 is 43.3. The van der Waals surface area contributed by atoms with Crippen LogP contribution in [0.1, 0.15) is 18.9 Å². The fourth-order valence-corrected chi connectivity index (χ4v) is 2.13. The molecule has 9 heteroatoms. The van der Waals surface area contributed by atoms with Gasteiger partial charge in [-0.05, 0) is 24.6 Å². The Morgan fingerprint density at radius 2 is 2.00 bits per heavy atom. The van der Waals surface area contributed by atoms with Gasteiger partial charge < -0.3 is 15.0 Å². The number of halogens is 4. The van der Waals surface area contributed by atoms with Gasteiger partial charge in [-0.15, -0.1) is 0 Å². The Bertz CT molecular complexity index is 594. The molecule has 1 rings (SSSR count). The highest BCUT2D eigenvalue weighted by Crippen LogP contribution is 2.35. The third-order valence-corrected chi connectivity index (χ3v) is 3.41. The normalized spacial score (nSPS) is 11.2. The van der Waals surface area contributed by atoms with E-state index >= 15 is 0 Å². The van der Waals surface area contributed by atoms with Crippen LogP contribution in [0.2, 0.25) is 5.02 Å². The van der Waals surface area contributed by atoms with Crippen LogP contribution < -0.4 is 10.2 Å². The molecule has 0 saturated carbocycles. The molecule has 0 aliphatic heterocycles. The standard InChI is InChI=1S/C15H18ClF3N2O3/c1-10(22)21(9-14(23)20-6-3-7-24-2)13-8-11(15(17,18)19)4-5-12(13)16/h4-5,8H,3,6-7,9H2,1-2H3,(H,20,23). The van der Waals surface area contributed by atoms with Gasteiger partial charge in [0.2, 0.25) is 11.8 Å². The molecule has 0 spiro atoms. The summed E-state index contributed by atoms with van der Waals surface area (Å²) in [5.74, 6) is -1.10. The van der Waals surface area contributed by atoms with Crippen molar-refractivity contribution in [1.82, 2.24) is 5.32 Å². The van der Waals surface area contributed by atoms with Gasteiger partial charge in [-0.1, -0.05) is 11.6 Å². The molecule has 0 saturated heterocycles. The molecule has 0 fully saturated rings. The molecule has 24 heavy (non-hydrogen) atoms. The molecule has 0 heterocycles. The fourth-order valence-electron chi connectivity index (χ4n) is 1.91. The zero-order valence-electron chi connectivity index (χ0n) is 13.2. The average Bonchev–Trinajstić information content (AvgIpc) is 2.48. The predicted molar refractivity (Wildman–Crippen MR) is 84.0 cm³/mol. The van der Waals surface area contributed by atoms with Crippen molar-refractivity contribution in [2.24, 2.45) is 0 Å². The smallest absolute Gasteiger partial charge is 0.385 e. The van der Waals surface area contributed by atoms with Crippen LogP contribution in [0.15, 0.2) is 18.2 Å². The summed E-state index contributed by atoms with van der Waals surface area (Å²) in [5, 5.41) is 2.51. The number of hydrogen-bond donors (Lipinski definition) is 1. The highest BCUT2D eigenvalue weighted by Gasteiger charge is 2.32. The van der Waals surface area contributed by atoms with Crippen LogP contribution in [-0.4, -0.2) is 38.6 Å². The van der Waals surface area contributed by atoms with E-state index in [2.05, 4.69) is 5.32 Å². The number of hydrogen-bond acceptors (Lipinski definition) is 3. The third-order valence-electron chi connectivity index (χ3n) is 3.09. The molecule has 1 aromatic rings. The Balaban J connectivity index is 2.92. The van der Waals surface area contributed by atoms with Gasteiger partial charge in [0.1, 0.15) is 6.54 Å². The first-order chi connectivity index (χ1) is 11.2. The van der Waals surface area contributed by atoms with Crippen LogP contribution in [-0.2, 0) is 20.5 Å². The first-order valence-corrected chi connectivity index (χ1v) is 7.45. The molecule has 0 aromatic heterocycles. The Labute approximate surface area is 142 Å². The van der Waals surface area contributed by atoms with Gasteiger partial charge in [0.15, 0.2) is 0 Å². The Kier molecular flexibility index (Phi) is 7.50. The number of ether oxygens (including phenoxy) is 1. The zero-order valence-corrected chi connectivity index (χ0v) is 14.0. The van der Waals surface area contributed by atoms with E-state index in [9.17, 15) is 22.8 Å². The lowest BCUT2D eigenvalue weighted by Crippen LogP contribution is -2.40. The van der Waals surface area contributed by atoms with Crippen molar-refractivity contribution in [3.05, 3.63) is 28.8 Å². The molecular formula is C15H18ClF3N2O3. The van der Waals surface area contributed by atoms with Crippen LogP contribution in [0.5, 0.6) is 0 Å². The highest BCUT2D eigenvalue weighted by atomic mass is 35.5. The molecule has 0 atom stereocenters. The molecule has 0 aliphatic carbocycles. The summed E-state index contributed by atoms with van der Waals surface area (Å²) in [5.41, 5.74) is -1.11. The van der Waals surface area contributed by atoms with Gasteiger partial charge in [0.05, 0.1) is 16.3 Å². The first-order valence-electron chi connectivity index (χ1n) is 7.07. The van der Waals surface area contributed by atoms with Crippen LogP contribution in [0.25, 0.3) is 0 Å². The number of anilines is 1. The first kappa shape index (κ1) is 20.2. The minimum atomic E-state index is -4.58. The second-order valence-corrected chi connectivity index (χ2v) is 5.37. The Morgan fingerprint density at radius 1 is 1.33 bits per heavy atom. The van der Waals surface area contributed by atoms with Gasteiger partial charge in [0.25, 0.3) is 0 Å². The van der Waals surface area contributed by atoms with E-state index in [1.807, 2.05) is 0 Å². The lowest BCUT2D eigenvalue weighted by molar-refractivity contribution is -0.137. The summed E-state index contributed by atoms with van der Waals surface area (Å²) in [4.78, 5) is 24.5. The van der Waals surface area contributed by atoms with E-state index in [0.29, 0.717) is 19.6 Å². The van der Waals surface area contributed by atoms with E-state index < -0.39 is 30.1 Å². The van der Waals surface area contributed by atoms with Crippen molar-refractivity contribution in [3.8, 4) is 0 Å². The largest absolute Gasteiger partial charge is 0.416 e. The zero-order chi connectivity index (χ0) is 18.3. The van der Waals surface area contributed by atoms with Gasteiger partial charge in [0, 0.05) is 27.2 Å². The number of carbonyl (C=O) groups is 2. The van der Waals surface area contributed by atoms with Gasteiger partial charge in [-0.25, -0.2) is 0 Å². The SMILES string of the molecule is COCCCNC(=O)CN(C(C)=O)c1cc(C(F)(F)F)ccc1Cl. The number of carbonyl (C=O) groups excluding carboxylic acids is 2. The molecule has 1 aromatic carbocycles. The highest BCUT2D eigenvalue weighted by molar-refractivity contribution is 6.34. The monoisotopic (exact) mass is 366 g/mol. The van der Waals surface area contributed by atoms with E-state index in [-0.39, 0.29) is 10.7 Å². The summed E-state index contributed by atoms with van der Waals surface area (Å²) >= 11 is 5.90. The van der Waals surface area contributed by atoms with E-state index in [1.165, 1.54) is 7.11 Å². The molecule has 0 bridgehead atoms. The van der Waals surface area contributed by atoms with E-state index in [0.717, 1.165) is 30.0 Å². The Morgan fingerprint density at radius 3 is 2.54 bits per heavy atom. The molecule has 2 amide bonds. The predicted octanol–water partition coefficient (Wildman–Crippen LogP) is 2.86. The molecular weight excluding hydrogens is 349 g/mol. The van der Waals surface area contributed by atoms with Crippen LogP contribution in [0.3, 0.4) is 0 Å². The number of alkyl halides is 3. The second kappa shape index (κ2) is 8.89. The molecule has 0 aliphatic rings. The minimum absolute atomic E-state index is 0.0506. The Hall–Kier alpha value is -1.80. The van der Waals surface area contributed by atoms with Crippen molar-refractivity contribution in [3.63, 3.8) is 0 Å². The average molecular weight is 367 g/mol. The van der Waals surface area contributed by atoms with Crippen LogP contribution in [0.4, 0.5) is 18.9 Å². The summed E-state index contributed by atoms with van der Waals surface area (Å²) in [6.45, 7) is 1.50. The van der Waals surface area contributed by atoms with Gasteiger partial charge in [-0.2, -0.15) is 13.2 Å². The number of nitrogens with one attached hydrogen (secondary N) is 1. The molecule has 0 unspecified atom stereocenters. The minimum Gasteiger partial charge on any atom is -0.385 e. The lowest BCUT2D eigenvalue weighted by Gasteiger charge is -2.23. The van der Waals surface area contributed by atoms with Crippen molar-refractivity contribution in [2.75, 3.05) is 31.7 Å². The maximum absolute atomic E-state index is 12.8. The fraction of sp³-hybridized carbons (Fsp3) is 0.467. The maximum atomic E-state index is 12.8. The lowest BCUT2D eigenvalue weighted by atomic mass is 10.1. The molecule has 0 radical (unpaired) electrons. The number of rotatable bonds is 7. The van der Waals surface area contributed by atoms with Crippen molar-refractivity contribution in [1.29, 1.82) is 0 Å². The molecule has 1 N–H and O–H groups in total. The second-order valence-electron chi connectivity index (χ2n) is 4.97. The van der Waals surface area contributed by atoms with E-state index in [1.54, 1.807) is 0 Å². The summed E-state index contributed by atoms with van der Waals surface area (Å²) in [6.07, 6.45) is -4.00. The topological polar surface area (TPSA) is 58.6 Å². The number of amides is 2. The third kappa shape index (κ3) is 6.01. The van der Waals surface area contributed by atoms with Crippen molar-refractivity contribution >= 4 is 29.1 Å². The number of nitrogens with zero attached hydrogens (tertiary/aromatic N) is 1. The maximum Gasteiger partial charge on any atom is 0.416 e. The van der Waals surface area contributed by atoms with Crippen LogP contribution in [0, 0.1) is 0 Å². The number of benzene rings is 1. The molecule has 134 valence electrons. The van der Waals surface area contributed by atoms with Crippen molar-refractivity contribution < 1.29 is 27.5 Å².